The Morgan fingerprint density at radius 3 is 2.32 bits per heavy atom. The number of rotatable bonds is 4. The molecule has 0 unspecified atom stereocenters. The van der Waals surface area contributed by atoms with E-state index in [4.69, 9.17) is 4.98 Å². The highest BCUT2D eigenvalue weighted by Crippen LogP contribution is 2.28. The smallest absolute Gasteiger partial charge is 0.145 e. The number of nitrogens with zero attached hydrogens (tertiary/aromatic N) is 6. The molecule has 0 saturated heterocycles. The van der Waals surface area contributed by atoms with Gasteiger partial charge in [-0.25, -0.2) is 9.97 Å². The van der Waals surface area contributed by atoms with E-state index in [-0.39, 0.29) is 0 Å². The lowest BCUT2D eigenvalue weighted by atomic mass is 10.2. The first-order valence-corrected chi connectivity index (χ1v) is 11.1. The molecular formula is C28H22N6. The summed E-state index contributed by atoms with van der Waals surface area (Å²) >= 11 is 0. The zero-order valence-corrected chi connectivity index (χ0v) is 18.9. The molecule has 0 N–H and O–H groups in total. The fraction of sp³-hybridized carbons (Fsp3) is 0.0714. The summed E-state index contributed by atoms with van der Waals surface area (Å²) in [7, 11) is 0. The van der Waals surface area contributed by atoms with E-state index in [0.29, 0.717) is 0 Å². The lowest BCUT2D eigenvalue weighted by Gasteiger charge is -2.09. The highest BCUT2D eigenvalue weighted by molar-refractivity contribution is 5.79. The molecular weight excluding hydrogens is 420 g/mol. The van der Waals surface area contributed by atoms with Crippen molar-refractivity contribution in [1.82, 2.24) is 29.1 Å². The van der Waals surface area contributed by atoms with Gasteiger partial charge in [0.1, 0.15) is 17.2 Å². The molecule has 0 atom stereocenters. The van der Waals surface area contributed by atoms with Crippen molar-refractivity contribution < 1.29 is 0 Å². The molecule has 0 aliphatic rings. The van der Waals surface area contributed by atoms with Crippen LogP contribution in [-0.4, -0.2) is 29.1 Å². The number of aromatic nitrogens is 6. The zero-order valence-electron chi connectivity index (χ0n) is 18.9. The Kier molecular flexibility index (Phi) is 4.77. The van der Waals surface area contributed by atoms with Gasteiger partial charge in [0.25, 0.3) is 0 Å². The first-order chi connectivity index (χ1) is 16.7. The zero-order chi connectivity index (χ0) is 23.1. The summed E-state index contributed by atoms with van der Waals surface area (Å²) in [5, 5.41) is 1.13. The van der Waals surface area contributed by atoms with Crippen LogP contribution >= 0.6 is 0 Å². The first-order valence-electron chi connectivity index (χ1n) is 11.1. The Morgan fingerprint density at radius 2 is 1.56 bits per heavy atom. The molecule has 0 fully saturated rings. The van der Waals surface area contributed by atoms with Gasteiger partial charge in [0.2, 0.25) is 0 Å². The lowest BCUT2D eigenvalue weighted by molar-refractivity contribution is 1.03. The molecule has 5 aromatic heterocycles. The maximum absolute atomic E-state index is 4.96. The molecule has 164 valence electrons. The second-order valence-electron chi connectivity index (χ2n) is 8.35. The van der Waals surface area contributed by atoms with Crippen molar-refractivity contribution in [2.24, 2.45) is 0 Å². The quantitative estimate of drug-likeness (QED) is 0.338. The van der Waals surface area contributed by atoms with E-state index in [9.17, 15) is 0 Å². The minimum atomic E-state index is 0.816. The number of hydrogen-bond acceptors (Lipinski definition) is 4. The average molecular weight is 443 g/mol. The van der Waals surface area contributed by atoms with Crippen LogP contribution in [0.3, 0.4) is 0 Å². The lowest BCUT2D eigenvalue weighted by Crippen LogP contribution is -1.98. The summed E-state index contributed by atoms with van der Waals surface area (Å²) in [4.78, 5) is 18.5. The number of benzene rings is 1. The van der Waals surface area contributed by atoms with Crippen LogP contribution in [0, 0.1) is 13.8 Å². The molecule has 6 heteroatoms. The Bertz CT molecular complexity index is 1590. The molecule has 0 spiro atoms. The number of imidazole rings is 1. The van der Waals surface area contributed by atoms with Crippen molar-refractivity contribution in [3.05, 3.63) is 109 Å². The van der Waals surface area contributed by atoms with Gasteiger partial charge >= 0.3 is 0 Å². The summed E-state index contributed by atoms with van der Waals surface area (Å²) < 4.78 is 4.18. The van der Waals surface area contributed by atoms with Gasteiger partial charge in [-0.15, -0.1) is 0 Å². The van der Waals surface area contributed by atoms with E-state index >= 15 is 0 Å². The van der Waals surface area contributed by atoms with E-state index in [1.165, 1.54) is 0 Å². The third kappa shape index (κ3) is 3.55. The van der Waals surface area contributed by atoms with Gasteiger partial charge in [-0.2, -0.15) is 0 Å². The summed E-state index contributed by atoms with van der Waals surface area (Å²) in [6, 6.07) is 22.6. The molecule has 6 rings (SSSR count). The van der Waals surface area contributed by atoms with Crippen molar-refractivity contribution in [3.63, 3.8) is 0 Å². The molecule has 5 heterocycles. The van der Waals surface area contributed by atoms with Gasteiger partial charge in [-0.05, 0) is 80.1 Å². The number of hydrogen-bond donors (Lipinski definition) is 0. The summed E-state index contributed by atoms with van der Waals surface area (Å²) in [6.07, 6.45) is 9.64. The maximum atomic E-state index is 4.96. The number of fused-ring (bicyclic) bond motifs is 1. The normalized spacial score (nSPS) is 11.2. The topological polar surface area (TPSA) is 61.4 Å². The Morgan fingerprint density at radius 1 is 0.706 bits per heavy atom. The summed E-state index contributed by atoms with van der Waals surface area (Å²) in [5.41, 5.74) is 7.74. The number of pyridine rings is 3. The predicted molar refractivity (Wildman–Crippen MR) is 134 cm³/mol. The van der Waals surface area contributed by atoms with Gasteiger partial charge in [-0.3, -0.25) is 14.5 Å². The van der Waals surface area contributed by atoms with Gasteiger partial charge in [-0.1, -0.05) is 6.07 Å². The average Bonchev–Trinajstić information content (AvgIpc) is 3.50. The molecule has 1 aromatic carbocycles. The van der Waals surface area contributed by atoms with Crippen molar-refractivity contribution in [2.75, 3.05) is 0 Å². The molecule has 0 bridgehead atoms. The van der Waals surface area contributed by atoms with Gasteiger partial charge < -0.3 is 4.57 Å². The molecule has 6 aromatic rings. The van der Waals surface area contributed by atoms with Crippen molar-refractivity contribution in [2.45, 2.75) is 13.8 Å². The molecule has 0 aliphatic carbocycles. The van der Waals surface area contributed by atoms with Crippen LogP contribution in [0.4, 0.5) is 0 Å². The van der Waals surface area contributed by atoms with Gasteiger partial charge in [0.15, 0.2) is 0 Å². The highest BCUT2D eigenvalue weighted by Gasteiger charge is 2.15. The minimum Gasteiger partial charge on any atom is -0.301 e. The van der Waals surface area contributed by atoms with E-state index in [1.54, 1.807) is 6.20 Å². The molecule has 34 heavy (non-hydrogen) atoms. The second kappa shape index (κ2) is 8.08. The highest BCUT2D eigenvalue weighted by atomic mass is 15.1. The largest absolute Gasteiger partial charge is 0.301 e. The Labute approximate surface area is 197 Å². The molecule has 0 aliphatic heterocycles. The third-order valence-electron chi connectivity index (χ3n) is 5.87. The summed E-state index contributed by atoms with van der Waals surface area (Å²) in [5.74, 6) is 0.837. The van der Waals surface area contributed by atoms with Crippen LogP contribution in [0.5, 0.6) is 0 Å². The van der Waals surface area contributed by atoms with Crippen LogP contribution in [0.2, 0.25) is 0 Å². The maximum Gasteiger partial charge on any atom is 0.145 e. The third-order valence-corrected chi connectivity index (χ3v) is 5.87. The SMILES string of the molecule is Cc1cnc2c(ccn2-c2ccc(-c3nc(-c4ccccn4)cn3-c3ccc(C)nc3)cc2)c1. The van der Waals surface area contributed by atoms with Crippen molar-refractivity contribution in [1.29, 1.82) is 0 Å². The van der Waals surface area contributed by atoms with Crippen molar-refractivity contribution in [3.8, 4) is 34.2 Å². The Hall–Kier alpha value is -4.58. The minimum absolute atomic E-state index is 0.816. The van der Waals surface area contributed by atoms with Gasteiger partial charge in [0, 0.05) is 47.1 Å². The van der Waals surface area contributed by atoms with E-state index in [0.717, 1.165) is 56.4 Å². The second-order valence-corrected chi connectivity index (χ2v) is 8.35. The van der Waals surface area contributed by atoms with E-state index < -0.39 is 0 Å². The first kappa shape index (κ1) is 20.1. The van der Waals surface area contributed by atoms with Crippen LogP contribution in [-0.2, 0) is 0 Å². The number of aryl methyl sites for hydroxylation is 2. The van der Waals surface area contributed by atoms with E-state index in [1.807, 2.05) is 49.8 Å². The van der Waals surface area contributed by atoms with Crippen molar-refractivity contribution >= 4 is 11.0 Å². The van der Waals surface area contributed by atoms with Gasteiger partial charge in [0.05, 0.1) is 17.6 Å². The standard InChI is InChI=1S/C28H22N6/c1-19-15-22-12-14-33(27(22)31-16-19)23-10-7-21(8-11-23)28-32-26(25-5-3-4-13-29-25)18-34(28)24-9-6-20(2)30-17-24/h3-18H,1-2H3. The fourth-order valence-corrected chi connectivity index (χ4v) is 4.13. The van der Waals surface area contributed by atoms with Crippen LogP contribution in [0.25, 0.3) is 45.2 Å². The van der Waals surface area contributed by atoms with Crippen LogP contribution < -0.4 is 0 Å². The van der Waals surface area contributed by atoms with E-state index in [2.05, 4.69) is 79.7 Å². The molecule has 0 radical (unpaired) electrons. The fourth-order valence-electron chi connectivity index (χ4n) is 4.13. The molecule has 6 nitrogen and oxygen atoms in total. The predicted octanol–water partition coefficient (Wildman–Crippen LogP) is 5.95. The van der Waals surface area contributed by atoms with Crippen LogP contribution in [0.1, 0.15) is 11.3 Å². The molecule has 0 amide bonds. The molecule has 0 saturated carbocycles. The van der Waals surface area contributed by atoms with Crippen LogP contribution in [0.15, 0.2) is 97.7 Å². The summed E-state index contributed by atoms with van der Waals surface area (Å²) in [6.45, 7) is 4.04. The monoisotopic (exact) mass is 442 g/mol. The Balaban J connectivity index is 1.44.